The maximum absolute atomic E-state index is 13.3. The minimum absolute atomic E-state index is 0.0533. The Morgan fingerprint density at radius 3 is 2.07 bits per heavy atom. The molecule has 0 amide bonds. The number of nitrogen functional groups attached to an aromatic ring is 1. The summed E-state index contributed by atoms with van der Waals surface area (Å²) >= 11 is 2.86. The first-order valence-corrected chi connectivity index (χ1v) is 5.26. The molecule has 0 aliphatic rings. The van der Waals surface area contributed by atoms with Crippen molar-refractivity contribution in [3.63, 3.8) is 0 Å². The van der Waals surface area contributed by atoms with Gasteiger partial charge in [0.25, 0.3) is 0 Å². The van der Waals surface area contributed by atoms with Gasteiger partial charge in [-0.3, -0.25) is 0 Å². The topological polar surface area (TPSA) is 35.2 Å². The van der Waals surface area contributed by atoms with Crippen LogP contribution < -0.4 is 10.5 Å². The molecular weight excluding hydrogens is 268 g/mol. The second-order valence-electron chi connectivity index (χ2n) is 2.51. The Morgan fingerprint density at radius 1 is 1.20 bits per heavy atom. The predicted octanol–water partition coefficient (Wildman–Crippen LogP) is 3.65. The second kappa shape index (κ2) is 5.90. The summed E-state index contributed by atoms with van der Waals surface area (Å²) in [6.07, 6.45) is 0. The lowest BCUT2D eigenvalue weighted by atomic mass is 10.1. The molecule has 0 radical (unpaired) electrons. The van der Waals surface area contributed by atoms with Crippen LogP contribution in [0.25, 0.3) is 0 Å². The van der Waals surface area contributed by atoms with Gasteiger partial charge in [-0.2, -0.15) is 0 Å². The second-order valence-corrected chi connectivity index (χ2v) is 3.31. The largest absolute Gasteiger partial charge is 0.492 e. The number of benzene rings is 1. The molecule has 5 heteroatoms. The van der Waals surface area contributed by atoms with E-state index in [4.69, 9.17) is 5.73 Å². The molecule has 0 bridgehead atoms. The molecule has 0 spiro atoms. The SMILES string of the molecule is CC.COc1c(F)c(C)c(N)c(F)c1Br. The van der Waals surface area contributed by atoms with Crippen molar-refractivity contribution >= 4 is 21.6 Å². The zero-order valence-corrected chi connectivity index (χ0v) is 10.7. The van der Waals surface area contributed by atoms with Crippen molar-refractivity contribution in [2.45, 2.75) is 20.8 Å². The molecule has 2 nitrogen and oxygen atoms in total. The van der Waals surface area contributed by atoms with E-state index < -0.39 is 11.6 Å². The summed E-state index contributed by atoms with van der Waals surface area (Å²) in [6, 6.07) is 0. The van der Waals surface area contributed by atoms with E-state index in [-0.39, 0.29) is 21.5 Å². The maximum Gasteiger partial charge on any atom is 0.172 e. The van der Waals surface area contributed by atoms with E-state index in [1.807, 2.05) is 13.8 Å². The van der Waals surface area contributed by atoms with E-state index in [1.54, 1.807) is 0 Å². The summed E-state index contributed by atoms with van der Waals surface area (Å²) in [5.74, 6) is -1.51. The van der Waals surface area contributed by atoms with E-state index >= 15 is 0 Å². The van der Waals surface area contributed by atoms with Crippen molar-refractivity contribution in [1.29, 1.82) is 0 Å². The fourth-order valence-electron chi connectivity index (χ4n) is 0.947. The molecule has 0 saturated carbocycles. The fraction of sp³-hybridized carbons (Fsp3) is 0.400. The molecule has 0 aliphatic heterocycles. The lowest BCUT2D eigenvalue weighted by molar-refractivity contribution is 0.378. The quantitative estimate of drug-likeness (QED) is 0.630. The summed E-state index contributed by atoms with van der Waals surface area (Å²) in [4.78, 5) is 0. The predicted molar refractivity (Wildman–Crippen MR) is 61.1 cm³/mol. The van der Waals surface area contributed by atoms with Crippen LogP contribution in [0.2, 0.25) is 0 Å². The average Bonchev–Trinajstić information content (AvgIpc) is 2.27. The van der Waals surface area contributed by atoms with Crippen molar-refractivity contribution in [1.82, 2.24) is 0 Å². The number of halogens is 3. The van der Waals surface area contributed by atoms with E-state index in [0.717, 1.165) is 0 Å². The van der Waals surface area contributed by atoms with E-state index in [1.165, 1.54) is 14.0 Å². The Kier molecular flexibility index (Phi) is 5.57. The van der Waals surface area contributed by atoms with Crippen LogP contribution in [-0.4, -0.2) is 7.11 Å². The number of rotatable bonds is 1. The van der Waals surface area contributed by atoms with Gasteiger partial charge in [0.2, 0.25) is 0 Å². The van der Waals surface area contributed by atoms with Crippen LogP contribution in [0.4, 0.5) is 14.5 Å². The van der Waals surface area contributed by atoms with Gasteiger partial charge >= 0.3 is 0 Å². The van der Waals surface area contributed by atoms with Crippen LogP contribution in [0.15, 0.2) is 4.47 Å². The van der Waals surface area contributed by atoms with Crippen LogP contribution in [0.3, 0.4) is 0 Å². The van der Waals surface area contributed by atoms with Crippen LogP contribution in [0, 0.1) is 18.6 Å². The smallest absolute Gasteiger partial charge is 0.172 e. The van der Waals surface area contributed by atoms with E-state index in [0.29, 0.717) is 0 Å². The summed E-state index contributed by atoms with van der Waals surface area (Å²) < 4.78 is 31.1. The fourth-order valence-corrected chi connectivity index (χ4v) is 1.50. The first kappa shape index (κ1) is 14.2. The van der Waals surface area contributed by atoms with Gasteiger partial charge < -0.3 is 10.5 Å². The molecule has 1 aromatic rings. The van der Waals surface area contributed by atoms with Gasteiger partial charge in [0.1, 0.15) is 4.47 Å². The Hall–Kier alpha value is -0.840. The molecule has 0 unspecified atom stereocenters. The lowest BCUT2D eigenvalue weighted by Gasteiger charge is -2.10. The monoisotopic (exact) mass is 281 g/mol. The molecule has 0 heterocycles. The molecule has 0 atom stereocenters. The summed E-state index contributed by atoms with van der Waals surface area (Å²) in [6.45, 7) is 5.39. The number of methoxy groups -OCH3 is 1. The molecule has 0 saturated heterocycles. The number of nitrogens with two attached hydrogens (primary N) is 1. The number of ether oxygens (including phenoxy) is 1. The van der Waals surface area contributed by atoms with E-state index in [9.17, 15) is 8.78 Å². The van der Waals surface area contributed by atoms with Crippen LogP contribution in [-0.2, 0) is 0 Å². The molecular formula is C10H14BrF2NO. The van der Waals surface area contributed by atoms with Crippen LogP contribution in [0.1, 0.15) is 19.4 Å². The third kappa shape index (κ3) is 2.59. The first-order chi connectivity index (χ1) is 7.00. The van der Waals surface area contributed by atoms with Gasteiger partial charge in [-0.15, -0.1) is 0 Å². The Labute approximate surface area is 96.5 Å². The third-order valence-corrected chi connectivity index (χ3v) is 2.47. The van der Waals surface area contributed by atoms with Crippen molar-refractivity contribution in [3.05, 3.63) is 21.7 Å². The van der Waals surface area contributed by atoms with Gasteiger partial charge in [0.15, 0.2) is 17.4 Å². The van der Waals surface area contributed by atoms with Gasteiger partial charge in [0.05, 0.1) is 12.8 Å². The summed E-state index contributed by atoms with van der Waals surface area (Å²) in [5.41, 5.74) is 5.16. The Bertz CT molecular complexity index is 327. The van der Waals surface area contributed by atoms with Gasteiger partial charge in [-0.1, -0.05) is 13.8 Å². The lowest BCUT2D eigenvalue weighted by Crippen LogP contribution is -2.02. The van der Waals surface area contributed by atoms with Gasteiger partial charge in [0, 0.05) is 5.56 Å². The highest BCUT2D eigenvalue weighted by molar-refractivity contribution is 9.10. The normalized spacial score (nSPS) is 9.27. The minimum Gasteiger partial charge on any atom is -0.492 e. The third-order valence-electron chi connectivity index (χ3n) is 1.77. The molecule has 1 rings (SSSR count). The number of hydrogen-bond acceptors (Lipinski definition) is 2. The Morgan fingerprint density at radius 2 is 1.67 bits per heavy atom. The van der Waals surface area contributed by atoms with Gasteiger partial charge in [-0.25, -0.2) is 8.78 Å². The zero-order chi connectivity index (χ0) is 12.2. The molecule has 15 heavy (non-hydrogen) atoms. The summed E-state index contributed by atoms with van der Waals surface area (Å²) in [7, 11) is 1.26. The zero-order valence-electron chi connectivity index (χ0n) is 9.12. The maximum atomic E-state index is 13.3. The van der Waals surface area contributed by atoms with Crippen molar-refractivity contribution in [2.24, 2.45) is 0 Å². The summed E-state index contributed by atoms with van der Waals surface area (Å²) in [5, 5.41) is 0. The minimum atomic E-state index is -0.698. The number of anilines is 1. The molecule has 0 fully saturated rings. The van der Waals surface area contributed by atoms with Crippen LogP contribution in [0.5, 0.6) is 5.75 Å². The van der Waals surface area contributed by atoms with Crippen molar-refractivity contribution in [3.8, 4) is 5.75 Å². The highest BCUT2D eigenvalue weighted by Gasteiger charge is 2.19. The van der Waals surface area contributed by atoms with E-state index in [2.05, 4.69) is 20.7 Å². The first-order valence-electron chi connectivity index (χ1n) is 4.47. The molecule has 0 aromatic heterocycles. The van der Waals surface area contributed by atoms with Crippen molar-refractivity contribution in [2.75, 3.05) is 12.8 Å². The molecule has 1 aromatic carbocycles. The highest BCUT2D eigenvalue weighted by Crippen LogP contribution is 2.36. The molecule has 86 valence electrons. The standard InChI is InChI=1S/C8H8BrF2NO.C2H6/c1-3-5(10)8(13-2)4(9)6(11)7(3)12;1-2/h12H2,1-2H3;1-2H3. The van der Waals surface area contributed by atoms with Crippen molar-refractivity contribution < 1.29 is 13.5 Å². The highest BCUT2D eigenvalue weighted by atomic mass is 79.9. The number of hydrogen-bond donors (Lipinski definition) is 1. The average molecular weight is 282 g/mol. The Balaban J connectivity index is 0.000000921. The van der Waals surface area contributed by atoms with Crippen LogP contribution >= 0.6 is 15.9 Å². The molecule has 0 aliphatic carbocycles. The van der Waals surface area contributed by atoms with Gasteiger partial charge in [-0.05, 0) is 22.9 Å². The molecule has 2 N–H and O–H groups in total.